The highest BCUT2D eigenvalue weighted by Gasteiger charge is 2.20. The van der Waals surface area contributed by atoms with E-state index in [1.165, 1.54) is 25.8 Å². The third kappa shape index (κ3) is 6.36. The molecule has 0 spiro atoms. The maximum Gasteiger partial charge on any atom is 0.0700 e. The Kier molecular flexibility index (Phi) is 8.61. The van der Waals surface area contributed by atoms with Crippen LogP contribution in [0.3, 0.4) is 0 Å². The zero-order valence-corrected chi connectivity index (χ0v) is 11.2. The van der Waals surface area contributed by atoms with Crippen LogP contribution >= 0.6 is 0 Å². The molecule has 0 aromatic rings. The summed E-state index contributed by atoms with van der Waals surface area (Å²) in [5, 5.41) is 0. The zero-order valence-electron chi connectivity index (χ0n) is 11.2. The molecule has 2 N–H and O–H groups in total. The average Bonchev–Trinajstić information content (AvgIpc) is 2.36. The summed E-state index contributed by atoms with van der Waals surface area (Å²) in [7, 11) is 1.70. The molecule has 1 heterocycles. The van der Waals surface area contributed by atoms with Crippen molar-refractivity contribution in [3.05, 3.63) is 0 Å². The van der Waals surface area contributed by atoms with Gasteiger partial charge in [0.2, 0.25) is 0 Å². The van der Waals surface area contributed by atoms with Crippen molar-refractivity contribution < 1.29 is 9.47 Å². The summed E-state index contributed by atoms with van der Waals surface area (Å²) in [6.45, 7) is 5.45. The van der Waals surface area contributed by atoms with Crippen LogP contribution in [-0.2, 0) is 9.47 Å². The predicted octanol–water partition coefficient (Wildman–Crippen LogP) is 1.24. The second-order valence-electron chi connectivity index (χ2n) is 4.72. The van der Waals surface area contributed by atoms with Gasteiger partial charge in [0.1, 0.15) is 0 Å². The third-order valence-electron chi connectivity index (χ3n) is 3.41. The zero-order chi connectivity index (χ0) is 12.3. The number of hydrogen-bond donors (Lipinski definition) is 1. The molecule has 0 aliphatic carbocycles. The molecule has 1 atom stereocenters. The lowest BCUT2D eigenvalue weighted by Crippen LogP contribution is -2.41. The van der Waals surface area contributed by atoms with Gasteiger partial charge in [0.15, 0.2) is 0 Å². The Bertz CT molecular complexity index is 177. The van der Waals surface area contributed by atoms with E-state index in [-0.39, 0.29) is 0 Å². The van der Waals surface area contributed by atoms with Gasteiger partial charge in [-0.1, -0.05) is 6.42 Å². The second-order valence-corrected chi connectivity index (χ2v) is 4.72. The Morgan fingerprint density at radius 2 is 2.12 bits per heavy atom. The van der Waals surface area contributed by atoms with Crippen molar-refractivity contribution in [1.82, 2.24) is 4.90 Å². The molecule has 0 radical (unpaired) electrons. The molecule has 1 saturated heterocycles. The van der Waals surface area contributed by atoms with E-state index < -0.39 is 0 Å². The van der Waals surface area contributed by atoms with Crippen LogP contribution in [0, 0.1) is 0 Å². The molecular formula is C13H28N2O2. The van der Waals surface area contributed by atoms with Crippen LogP contribution in [0.5, 0.6) is 0 Å². The molecule has 102 valence electrons. The van der Waals surface area contributed by atoms with Crippen LogP contribution in [0.25, 0.3) is 0 Å². The van der Waals surface area contributed by atoms with Gasteiger partial charge in [-0.2, -0.15) is 0 Å². The lowest BCUT2D eigenvalue weighted by atomic mass is 9.99. The molecule has 1 unspecified atom stereocenters. The van der Waals surface area contributed by atoms with Gasteiger partial charge in [0.25, 0.3) is 0 Å². The Hall–Kier alpha value is -0.160. The number of rotatable bonds is 9. The summed E-state index contributed by atoms with van der Waals surface area (Å²) >= 11 is 0. The Morgan fingerprint density at radius 3 is 2.88 bits per heavy atom. The summed E-state index contributed by atoms with van der Waals surface area (Å²) in [5.41, 5.74) is 5.67. The van der Waals surface area contributed by atoms with E-state index in [0.29, 0.717) is 19.3 Å². The van der Waals surface area contributed by atoms with Crippen LogP contribution in [0.15, 0.2) is 0 Å². The van der Waals surface area contributed by atoms with Gasteiger partial charge in [-0.05, 0) is 38.8 Å². The van der Waals surface area contributed by atoms with Crippen molar-refractivity contribution in [2.75, 3.05) is 46.6 Å². The normalized spacial score (nSPS) is 21.9. The predicted molar refractivity (Wildman–Crippen MR) is 70.2 cm³/mol. The fourth-order valence-electron chi connectivity index (χ4n) is 2.49. The monoisotopic (exact) mass is 244 g/mol. The van der Waals surface area contributed by atoms with Crippen LogP contribution in [-0.4, -0.2) is 57.5 Å². The molecule has 0 bridgehead atoms. The summed E-state index contributed by atoms with van der Waals surface area (Å²) in [6, 6.07) is 0.715. The van der Waals surface area contributed by atoms with E-state index in [1.54, 1.807) is 7.11 Å². The summed E-state index contributed by atoms with van der Waals surface area (Å²) < 4.78 is 10.4. The van der Waals surface area contributed by atoms with Crippen molar-refractivity contribution >= 4 is 0 Å². The first kappa shape index (κ1) is 14.9. The Balaban J connectivity index is 2.06. The summed E-state index contributed by atoms with van der Waals surface area (Å²) in [6.07, 6.45) is 6.29. The first-order valence-electron chi connectivity index (χ1n) is 6.89. The van der Waals surface area contributed by atoms with Crippen LogP contribution < -0.4 is 5.73 Å². The summed E-state index contributed by atoms with van der Waals surface area (Å²) in [4.78, 5) is 2.59. The van der Waals surface area contributed by atoms with Crippen molar-refractivity contribution in [2.45, 2.75) is 38.1 Å². The van der Waals surface area contributed by atoms with Gasteiger partial charge in [-0.25, -0.2) is 0 Å². The maximum atomic E-state index is 5.67. The number of ether oxygens (including phenoxy) is 2. The smallest absolute Gasteiger partial charge is 0.0700 e. The minimum absolute atomic E-state index is 0.694. The molecule has 1 rings (SSSR count). The number of piperidine rings is 1. The SMILES string of the molecule is COCCOCCCN1CCCCC1CCN. The minimum Gasteiger partial charge on any atom is -0.382 e. The van der Waals surface area contributed by atoms with Crippen molar-refractivity contribution in [3.63, 3.8) is 0 Å². The molecule has 1 fully saturated rings. The number of methoxy groups -OCH3 is 1. The molecule has 0 saturated carbocycles. The van der Waals surface area contributed by atoms with Gasteiger partial charge in [0.05, 0.1) is 13.2 Å². The Labute approximate surface area is 105 Å². The first-order valence-corrected chi connectivity index (χ1v) is 6.89. The summed E-state index contributed by atoms with van der Waals surface area (Å²) in [5.74, 6) is 0. The average molecular weight is 244 g/mol. The molecule has 17 heavy (non-hydrogen) atoms. The fourth-order valence-corrected chi connectivity index (χ4v) is 2.49. The number of nitrogens with zero attached hydrogens (tertiary/aromatic N) is 1. The first-order chi connectivity index (χ1) is 8.38. The van der Waals surface area contributed by atoms with Crippen LogP contribution in [0.2, 0.25) is 0 Å². The van der Waals surface area contributed by atoms with Crippen LogP contribution in [0.4, 0.5) is 0 Å². The van der Waals surface area contributed by atoms with Gasteiger partial charge in [-0.15, -0.1) is 0 Å². The topological polar surface area (TPSA) is 47.7 Å². The molecule has 4 nitrogen and oxygen atoms in total. The van der Waals surface area contributed by atoms with Gasteiger partial charge >= 0.3 is 0 Å². The Morgan fingerprint density at radius 1 is 1.24 bits per heavy atom. The van der Waals surface area contributed by atoms with Gasteiger partial charge < -0.3 is 20.1 Å². The maximum absolute atomic E-state index is 5.67. The van der Waals surface area contributed by atoms with E-state index in [9.17, 15) is 0 Å². The van der Waals surface area contributed by atoms with Crippen molar-refractivity contribution in [2.24, 2.45) is 5.73 Å². The van der Waals surface area contributed by atoms with Crippen molar-refractivity contribution in [3.8, 4) is 0 Å². The van der Waals surface area contributed by atoms with Crippen LogP contribution in [0.1, 0.15) is 32.1 Å². The number of nitrogens with two attached hydrogens (primary N) is 1. The standard InChI is InChI=1S/C13H28N2O2/c1-16-11-12-17-10-4-9-15-8-3-2-5-13(15)6-7-14/h13H,2-12,14H2,1H3. The van der Waals surface area contributed by atoms with E-state index >= 15 is 0 Å². The van der Waals surface area contributed by atoms with E-state index in [1.807, 2.05) is 0 Å². The highest BCUT2D eigenvalue weighted by Crippen LogP contribution is 2.19. The van der Waals surface area contributed by atoms with E-state index in [4.69, 9.17) is 15.2 Å². The number of likely N-dealkylation sites (tertiary alicyclic amines) is 1. The highest BCUT2D eigenvalue weighted by molar-refractivity contribution is 4.76. The molecule has 1 aliphatic heterocycles. The quantitative estimate of drug-likeness (QED) is 0.620. The minimum atomic E-state index is 0.694. The lowest BCUT2D eigenvalue weighted by molar-refractivity contribution is 0.0589. The molecule has 1 aliphatic rings. The molecule has 0 aromatic heterocycles. The molecule has 4 heteroatoms. The second kappa shape index (κ2) is 9.83. The molecule has 0 amide bonds. The van der Waals surface area contributed by atoms with E-state index in [0.717, 1.165) is 32.5 Å². The third-order valence-corrected chi connectivity index (χ3v) is 3.41. The molecular weight excluding hydrogens is 216 g/mol. The number of hydrogen-bond acceptors (Lipinski definition) is 4. The van der Waals surface area contributed by atoms with Gasteiger partial charge in [-0.3, -0.25) is 0 Å². The fraction of sp³-hybridized carbons (Fsp3) is 1.00. The molecule has 0 aromatic carbocycles. The van der Waals surface area contributed by atoms with E-state index in [2.05, 4.69) is 4.90 Å². The van der Waals surface area contributed by atoms with Gasteiger partial charge in [0, 0.05) is 26.3 Å². The van der Waals surface area contributed by atoms with Crippen molar-refractivity contribution in [1.29, 1.82) is 0 Å². The lowest BCUT2D eigenvalue weighted by Gasteiger charge is -2.35. The highest BCUT2D eigenvalue weighted by atomic mass is 16.5. The largest absolute Gasteiger partial charge is 0.382 e.